The Kier molecular flexibility index (Phi) is 6.54. The van der Waals surface area contributed by atoms with E-state index in [1.165, 1.54) is 35.3 Å². The first-order valence-corrected chi connectivity index (χ1v) is 11.4. The third kappa shape index (κ3) is 4.76. The van der Waals surface area contributed by atoms with Gasteiger partial charge in [0.05, 0.1) is 10.4 Å². The molecule has 0 radical (unpaired) electrons. The molecule has 3 aromatic rings. The van der Waals surface area contributed by atoms with Crippen LogP contribution in [0, 0.1) is 6.92 Å². The van der Waals surface area contributed by atoms with Crippen LogP contribution in [0.2, 0.25) is 0 Å². The maximum atomic E-state index is 12.9. The molecule has 0 unspecified atom stereocenters. The molecule has 1 amide bonds. The largest absolute Gasteiger partial charge is 0.354 e. The van der Waals surface area contributed by atoms with Gasteiger partial charge in [0, 0.05) is 12.1 Å². The van der Waals surface area contributed by atoms with Crippen molar-refractivity contribution in [3.63, 3.8) is 0 Å². The van der Waals surface area contributed by atoms with E-state index < -0.39 is 0 Å². The number of nitrogens with one attached hydrogen (secondary N) is 1. The van der Waals surface area contributed by atoms with Crippen molar-refractivity contribution in [1.29, 1.82) is 0 Å². The highest BCUT2D eigenvalue weighted by atomic mass is 32.1. The first-order valence-electron chi connectivity index (χ1n) is 10.5. The Morgan fingerprint density at radius 3 is 2.70 bits per heavy atom. The van der Waals surface area contributed by atoms with Crippen LogP contribution in [0.25, 0.3) is 20.8 Å². The fraction of sp³-hybridized carbons (Fsp3) is 0.455. The number of benzene rings is 1. The van der Waals surface area contributed by atoms with Gasteiger partial charge < -0.3 is 10.2 Å². The van der Waals surface area contributed by atoms with E-state index in [0.29, 0.717) is 17.8 Å². The topological polar surface area (TPSA) is 80.1 Å². The maximum Gasteiger partial charge on any atom is 0.294 e. The molecule has 2 aromatic heterocycles. The molecule has 1 aromatic carbocycles. The minimum Gasteiger partial charge on any atom is -0.354 e. The number of carbonyl (C=O) groups excluding carboxylic acids is 1. The molecular formula is C22H27N5O2S. The van der Waals surface area contributed by atoms with Gasteiger partial charge in [0.25, 0.3) is 5.56 Å². The molecule has 4 rings (SSSR count). The summed E-state index contributed by atoms with van der Waals surface area (Å²) in [6.45, 7) is 5.69. The van der Waals surface area contributed by atoms with Crippen molar-refractivity contribution >= 4 is 27.5 Å². The Morgan fingerprint density at radius 2 is 1.93 bits per heavy atom. The lowest BCUT2D eigenvalue weighted by Gasteiger charge is -2.26. The minimum absolute atomic E-state index is 0.0858. The monoisotopic (exact) mass is 425 g/mol. The molecule has 30 heavy (non-hydrogen) atoms. The van der Waals surface area contributed by atoms with Crippen LogP contribution in [0.4, 0.5) is 0 Å². The Hall–Kier alpha value is -2.58. The second kappa shape index (κ2) is 9.49. The molecule has 0 bridgehead atoms. The van der Waals surface area contributed by atoms with Gasteiger partial charge in [-0.05, 0) is 45.8 Å². The molecule has 1 N–H and O–H groups in total. The van der Waals surface area contributed by atoms with Gasteiger partial charge in [-0.2, -0.15) is 5.10 Å². The molecule has 0 atom stereocenters. The summed E-state index contributed by atoms with van der Waals surface area (Å²) >= 11 is 1.46. The van der Waals surface area contributed by atoms with Gasteiger partial charge >= 0.3 is 0 Å². The number of fused-ring (bicyclic) bond motifs is 1. The first kappa shape index (κ1) is 20.7. The number of aromatic nitrogens is 3. The number of hydrogen-bond donors (Lipinski definition) is 1. The van der Waals surface area contributed by atoms with Gasteiger partial charge in [-0.1, -0.05) is 36.8 Å². The standard InChI is InChI=1S/C22H27N5O2S/c1-16-20-19(24-21(30-20)17-9-4-2-5-10-17)22(29)27(25-16)15-18(28)23-11-8-14-26-12-6-3-7-13-26/h2,4-5,9-10H,3,6-8,11-15H2,1H3,(H,23,28). The molecule has 8 heteroatoms. The lowest BCUT2D eigenvalue weighted by Crippen LogP contribution is -2.36. The molecule has 1 aliphatic heterocycles. The quantitative estimate of drug-likeness (QED) is 0.589. The normalized spacial score (nSPS) is 14.8. The molecule has 3 heterocycles. The summed E-state index contributed by atoms with van der Waals surface area (Å²) < 4.78 is 2.00. The van der Waals surface area contributed by atoms with Crippen molar-refractivity contribution in [3.05, 3.63) is 46.4 Å². The van der Waals surface area contributed by atoms with Crippen LogP contribution in [0.15, 0.2) is 35.1 Å². The summed E-state index contributed by atoms with van der Waals surface area (Å²) in [7, 11) is 0. The van der Waals surface area contributed by atoms with E-state index in [0.717, 1.165) is 41.3 Å². The highest BCUT2D eigenvalue weighted by molar-refractivity contribution is 7.21. The fourth-order valence-electron chi connectivity index (χ4n) is 3.82. The SMILES string of the molecule is Cc1nn(CC(=O)NCCCN2CCCCC2)c(=O)c2nc(-c3ccccc3)sc12. The van der Waals surface area contributed by atoms with Crippen LogP contribution in [-0.2, 0) is 11.3 Å². The Balaban J connectivity index is 1.40. The molecule has 158 valence electrons. The van der Waals surface area contributed by atoms with Gasteiger partial charge in [0.2, 0.25) is 5.91 Å². The molecule has 1 saturated heterocycles. The van der Waals surface area contributed by atoms with Gasteiger partial charge in [0.15, 0.2) is 5.52 Å². The summed E-state index contributed by atoms with van der Waals surface area (Å²) in [5.74, 6) is -0.194. The molecule has 0 saturated carbocycles. The summed E-state index contributed by atoms with van der Waals surface area (Å²) in [5, 5.41) is 8.05. The van der Waals surface area contributed by atoms with Gasteiger partial charge in [-0.25, -0.2) is 9.67 Å². The van der Waals surface area contributed by atoms with Gasteiger partial charge in [0.1, 0.15) is 11.6 Å². The number of carbonyl (C=O) groups is 1. The fourth-order valence-corrected chi connectivity index (χ4v) is 4.82. The second-order valence-corrected chi connectivity index (χ2v) is 8.72. The number of aryl methyl sites for hydroxylation is 1. The third-order valence-corrected chi connectivity index (χ3v) is 6.61. The van der Waals surface area contributed by atoms with Crippen molar-refractivity contribution < 1.29 is 4.79 Å². The smallest absolute Gasteiger partial charge is 0.294 e. The van der Waals surface area contributed by atoms with Crippen LogP contribution in [0.1, 0.15) is 31.4 Å². The Labute approximate surface area is 179 Å². The van der Waals surface area contributed by atoms with Crippen LogP contribution >= 0.6 is 11.3 Å². The van der Waals surface area contributed by atoms with Crippen molar-refractivity contribution in [3.8, 4) is 10.6 Å². The first-order chi connectivity index (χ1) is 14.6. The highest BCUT2D eigenvalue weighted by Crippen LogP contribution is 2.29. The number of nitrogens with zero attached hydrogens (tertiary/aromatic N) is 4. The number of hydrogen-bond acceptors (Lipinski definition) is 6. The summed E-state index contributed by atoms with van der Waals surface area (Å²) in [5.41, 5.74) is 1.74. The van der Waals surface area contributed by atoms with Crippen LogP contribution in [0.5, 0.6) is 0 Å². The molecule has 0 aliphatic carbocycles. The maximum absolute atomic E-state index is 12.9. The summed E-state index contributed by atoms with van der Waals surface area (Å²) in [6.07, 6.45) is 4.78. The summed E-state index contributed by atoms with van der Waals surface area (Å²) in [4.78, 5) is 32.2. The van der Waals surface area contributed by atoms with Crippen molar-refractivity contribution in [1.82, 2.24) is 25.0 Å². The summed E-state index contributed by atoms with van der Waals surface area (Å²) in [6, 6.07) is 9.77. The lowest BCUT2D eigenvalue weighted by atomic mass is 10.1. The predicted octanol–water partition coefficient (Wildman–Crippen LogP) is 2.82. The van der Waals surface area contributed by atoms with Crippen LogP contribution in [-0.4, -0.2) is 51.8 Å². The number of rotatable bonds is 7. The highest BCUT2D eigenvalue weighted by Gasteiger charge is 2.16. The van der Waals surface area contributed by atoms with Gasteiger partial charge in [-0.3, -0.25) is 9.59 Å². The van der Waals surface area contributed by atoms with Crippen molar-refractivity contribution in [2.75, 3.05) is 26.2 Å². The number of thiazole rings is 1. The molecule has 0 spiro atoms. The van der Waals surface area contributed by atoms with Crippen LogP contribution < -0.4 is 10.9 Å². The van der Waals surface area contributed by atoms with E-state index in [-0.39, 0.29) is 18.0 Å². The zero-order valence-electron chi connectivity index (χ0n) is 17.3. The van der Waals surface area contributed by atoms with E-state index in [9.17, 15) is 9.59 Å². The zero-order chi connectivity index (χ0) is 20.9. The Bertz CT molecular complexity index is 1070. The van der Waals surface area contributed by atoms with E-state index in [4.69, 9.17) is 0 Å². The lowest BCUT2D eigenvalue weighted by molar-refractivity contribution is -0.121. The molecule has 1 fully saturated rings. The number of likely N-dealkylation sites (tertiary alicyclic amines) is 1. The van der Waals surface area contributed by atoms with Gasteiger partial charge in [-0.15, -0.1) is 11.3 Å². The number of piperidine rings is 1. The third-order valence-electron chi connectivity index (χ3n) is 5.40. The minimum atomic E-state index is -0.322. The Morgan fingerprint density at radius 1 is 1.17 bits per heavy atom. The molecular weight excluding hydrogens is 398 g/mol. The molecule has 7 nitrogen and oxygen atoms in total. The van der Waals surface area contributed by atoms with E-state index in [1.807, 2.05) is 37.3 Å². The van der Waals surface area contributed by atoms with Crippen LogP contribution in [0.3, 0.4) is 0 Å². The predicted molar refractivity (Wildman–Crippen MR) is 120 cm³/mol. The zero-order valence-corrected chi connectivity index (χ0v) is 18.1. The van der Waals surface area contributed by atoms with Crippen molar-refractivity contribution in [2.24, 2.45) is 0 Å². The number of amides is 1. The second-order valence-electron chi connectivity index (χ2n) is 7.72. The van der Waals surface area contributed by atoms with E-state index >= 15 is 0 Å². The average Bonchev–Trinajstić information content (AvgIpc) is 3.23. The van der Waals surface area contributed by atoms with Crippen molar-refractivity contribution in [2.45, 2.75) is 39.2 Å². The van der Waals surface area contributed by atoms with E-state index in [1.54, 1.807) is 0 Å². The van der Waals surface area contributed by atoms with E-state index in [2.05, 4.69) is 20.3 Å². The molecule has 1 aliphatic rings. The average molecular weight is 426 g/mol.